The molecule has 0 aromatic heterocycles. The lowest BCUT2D eigenvalue weighted by molar-refractivity contribution is -0.138. The van der Waals surface area contributed by atoms with Crippen molar-refractivity contribution in [3.05, 3.63) is 29.8 Å². The molecule has 5 N–H and O–H groups in total. The summed E-state index contributed by atoms with van der Waals surface area (Å²) in [5.41, 5.74) is 4.95. The molecule has 1 atom stereocenters. The van der Waals surface area contributed by atoms with Crippen LogP contribution < -0.4 is 5.73 Å². The van der Waals surface area contributed by atoms with Crippen LogP contribution in [0.4, 0.5) is 0 Å². The van der Waals surface area contributed by atoms with Crippen LogP contribution in [0.2, 0.25) is 0 Å². The number of aromatic carboxylic acids is 1. The van der Waals surface area contributed by atoms with E-state index in [0.29, 0.717) is 6.42 Å². The zero-order chi connectivity index (χ0) is 13.4. The highest BCUT2D eigenvalue weighted by atomic mass is 16.4. The molecule has 0 amide bonds. The average molecular weight is 241 g/mol. The number of aliphatic carboxylic acids is 1. The normalized spacial score (nSPS) is 10.9. The maximum Gasteiger partial charge on any atom is 0.339 e. The molecule has 1 aromatic rings. The number of phenols is 1. The van der Waals surface area contributed by atoms with E-state index < -0.39 is 18.0 Å². The van der Waals surface area contributed by atoms with Crippen LogP contribution in [-0.2, 0) is 4.79 Å². The fourth-order valence-electron chi connectivity index (χ4n) is 0.829. The molecule has 0 bridgehead atoms. The Morgan fingerprint density at radius 1 is 1.29 bits per heavy atom. The molecule has 0 radical (unpaired) electrons. The maximum absolute atomic E-state index is 10.3. The van der Waals surface area contributed by atoms with Gasteiger partial charge >= 0.3 is 11.9 Å². The first-order valence-electron chi connectivity index (χ1n) is 4.89. The highest BCUT2D eigenvalue weighted by Gasteiger charge is 2.06. The Balaban J connectivity index is 0.000000325. The highest BCUT2D eigenvalue weighted by Crippen LogP contribution is 2.14. The van der Waals surface area contributed by atoms with Crippen LogP contribution in [0.1, 0.15) is 23.7 Å². The van der Waals surface area contributed by atoms with Gasteiger partial charge in [0.05, 0.1) is 0 Å². The number of hydrogen-bond donors (Lipinski definition) is 4. The van der Waals surface area contributed by atoms with E-state index in [4.69, 9.17) is 21.1 Å². The molecule has 0 aliphatic carbocycles. The van der Waals surface area contributed by atoms with Crippen molar-refractivity contribution in [2.45, 2.75) is 19.4 Å². The van der Waals surface area contributed by atoms with Crippen LogP contribution in [0.25, 0.3) is 0 Å². The SMILES string of the molecule is CCC(N)C(=O)O.O=C(O)c1ccccc1O. The van der Waals surface area contributed by atoms with E-state index in [2.05, 4.69) is 0 Å². The molecule has 6 heteroatoms. The van der Waals surface area contributed by atoms with Crippen molar-refractivity contribution in [1.82, 2.24) is 0 Å². The number of carbonyl (C=O) groups is 2. The third kappa shape index (κ3) is 5.53. The van der Waals surface area contributed by atoms with E-state index in [1.54, 1.807) is 19.1 Å². The molecule has 0 fully saturated rings. The third-order valence-corrected chi connectivity index (χ3v) is 1.89. The lowest BCUT2D eigenvalue weighted by atomic mass is 10.2. The molecular formula is C11H15NO5. The Labute approximate surface area is 98.3 Å². The molecule has 0 saturated heterocycles. The van der Waals surface area contributed by atoms with Crippen molar-refractivity contribution in [1.29, 1.82) is 0 Å². The quantitative estimate of drug-likeness (QED) is 0.623. The van der Waals surface area contributed by atoms with Crippen molar-refractivity contribution >= 4 is 11.9 Å². The van der Waals surface area contributed by atoms with Crippen LogP contribution in [-0.4, -0.2) is 33.3 Å². The second-order valence-corrected chi connectivity index (χ2v) is 3.18. The van der Waals surface area contributed by atoms with Crippen molar-refractivity contribution in [3.63, 3.8) is 0 Å². The van der Waals surface area contributed by atoms with E-state index >= 15 is 0 Å². The van der Waals surface area contributed by atoms with Crippen LogP contribution in [0.3, 0.4) is 0 Å². The van der Waals surface area contributed by atoms with Gasteiger partial charge in [0.1, 0.15) is 17.4 Å². The zero-order valence-corrected chi connectivity index (χ0v) is 9.33. The molecule has 1 unspecified atom stereocenters. The maximum atomic E-state index is 10.3. The van der Waals surface area contributed by atoms with Gasteiger partial charge in [-0.1, -0.05) is 19.1 Å². The second kappa shape index (κ2) is 7.24. The standard InChI is InChI=1S/C7H6O3.C4H9NO2/c8-6-4-2-1-3-5(6)7(9)10;1-2-3(5)4(6)7/h1-4,8H,(H,9,10);3H,2,5H2,1H3,(H,6,7). The molecular weight excluding hydrogens is 226 g/mol. The summed E-state index contributed by atoms with van der Waals surface area (Å²) in [6.45, 7) is 1.73. The highest BCUT2D eigenvalue weighted by molar-refractivity contribution is 5.90. The van der Waals surface area contributed by atoms with Gasteiger partial charge in [0, 0.05) is 0 Å². The van der Waals surface area contributed by atoms with Crippen molar-refractivity contribution in [3.8, 4) is 5.75 Å². The monoisotopic (exact) mass is 241 g/mol. The Hall–Kier alpha value is -2.08. The van der Waals surface area contributed by atoms with Gasteiger partial charge in [-0.25, -0.2) is 4.79 Å². The molecule has 0 aliphatic rings. The average Bonchev–Trinajstić information content (AvgIpc) is 2.28. The van der Waals surface area contributed by atoms with Crippen LogP contribution in [0.15, 0.2) is 24.3 Å². The Morgan fingerprint density at radius 2 is 1.82 bits per heavy atom. The van der Waals surface area contributed by atoms with Crippen molar-refractivity contribution in [2.24, 2.45) is 5.73 Å². The zero-order valence-electron chi connectivity index (χ0n) is 9.33. The van der Waals surface area contributed by atoms with Crippen molar-refractivity contribution in [2.75, 3.05) is 0 Å². The van der Waals surface area contributed by atoms with Gasteiger partial charge < -0.3 is 21.1 Å². The first-order chi connectivity index (χ1) is 7.90. The summed E-state index contributed by atoms with van der Waals surface area (Å²) in [4.78, 5) is 20.1. The van der Waals surface area contributed by atoms with Gasteiger partial charge in [-0.2, -0.15) is 0 Å². The summed E-state index contributed by atoms with van der Waals surface area (Å²) in [6, 6.07) is 5.13. The molecule has 0 spiro atoms. The fraction of sp³-hybridized carbons (Fsp3) is 0.273. The Bertz CT molecular complexity index is 391. The summed E-state index contributed by atoms with van der Waals surface area (Å²) in [5.74, 6) is -2.24. The van der Waals surface area contributed by atoms with E-state index in [9.17, 15) is 9.59 Å². The number of aromatic hydroxyl groups is 1. The number of carboxylic acids is 2. The van der Waals surface area contributed by atoms with Crippen LogP contribution >= 0.6 is 0 Å². The molecule has 1 aromatic carbocycles. The van der Waals surface area contributed by atoms with Crippen molar-refractivity contribution < 1.29 is 24.9 Å². The first-order valence-corrected chi connectivity index (χ1v) is 4.89. The summed E-state index contributed by atoms with van der Waals surface area (Å²) >= 11 is 0. The summed E-state index contributed by atoms with van der Waals surface area (Å²) < 4.78 is 0. The number of hydrogen-bond acceptors (Lipinski definition) is 4. The molecule has 1 rings (SSSR count). The lowest BCUT2D eigenvalue weighted by Gasteiger charge is -1.97. The molecule has 6 nitrogen and oxygen atoms in total. The minimum atomic E-state index is -1.11. The number of carboxylic acid groups (broad SMARTS) is 2. The molecule has 0 aliphatic heterocycles. The molecule has 0 heterocycles. The van der Waals surface area contributed by atoms with E-state index in [-0.39, 0.29) is 11.3 Å². The van der Waals surface area contributed by atoms with Crippen LogP contribution in [0, 0.1) is 0 Å². The number of nitrogens with two attached hydrogens (primary N) is 1. The third-order valence-electron chi connectivity index (χ3n) is 1.89. The topological polar surface area (TPSA) is 121 Å². The van der Waals surface area contributed by atoms with E-state index in [0.717, 1.165) is 0 Å². The van der Waals surface area contributed by atoms with Gasteiger partial charge in [-0.15, -0.1) is 0 Å². The first kappa shape index (κ1) is 14.9. The van der Waals surface area contributed by atoms with Gasteiger partial charge in [0.2, 0.25) is 0 Å². The van der Waals surface area contributed by atoms with Crippen LogP contribution in [0.5, 0.6) is 5.75 Å². The summed E-state index contributed by atoms with van der Waals surface area (Å²) in [5, 5.41) is 25.4. The van der Waals surface area contributed by atoms with Gasteiger partial charge in [-0.3, -0.25) is 4.79 Å². The predicted molar refractivity (Wildman–Crippen MR) is 61.0 cm³/mol. The van der Waals surface area contributed by atoms with Gasteiger partial charge in [0.15, 0.2) is 0 Å². The predicted octanol–water partition coefficient (Wildman–Crippen LogP) is 0.899. The Morgan fingerprint density at radius 3 is 2.06 bits per heavy atom. The lowest BCUT2D eigenvalue weighted by Crippen LogP contribution is -2.28. The molecule has 17 heavy (non-hydrogen) atoms. The van der Waals surface area contributed by atoms with E-state index in [1.165, 1.54) is 12.1 Å². The van der Waals surface area contributed by atoms with Gasteiger partial charge in [0.25, 0.3) is 0 Å². The van der Waals surface area contributed by atoms with Gasteiger partial charge in [-0.05, 0) is 18.6 Å². The number of para-hydroxylation sites is 1. The minimum absolute atomic E-state index is 0.0671. The second-order valence-electron chi connectivity index (χ2n) is 3.18. The number of rotatable bonds is 3. The molecule has 94 valence electrons. The van der Waals surface area contributed by atoms with E-state index in [1.807, 2.05) is 0 Å². The fourth-order valence-corrected chi connectivity index (χ4v) is 0.829. The smallest absolute Gasteiger partial charge is 0.339 e. The summed E-state index contributed by atoms with van der Waals surface area (Å²) in [7, 11) is 0. The number of benzene rings is 1. The Kier molecular flexibility index (Phi) is 6.35. The molecule has 0 saturated carbocycles. The summed E-state index contributed by atoms with van der Waals surface area (Å²) in [6.07, 6.45) is 0.495. The minimum Gasteiger partial charge on any atom is -0.507 e. The largest absolute Gasteiger partial charge is 0.507 e.